The minimum Gasteiger partial charge on any atom is -0.447 e. The Balaban J connectivity index is 1.74. The Bertz CT molecular complexity index is 1040. The number of aromatic amines is 1. The fourth-order valence-electron chi connectivity index (χ4n) is 4.42. The Labute approximate surface area is 186 Å². The summed E-state index contributed by atoms with van der Waals surface area (Å²) in [5.74, 6) is 0.118. The van der Waals surface area contributed by atoms with Crippen LogP contribution in [0.2, 0.25) is 5.02 Å². The molecule has 3 unspecified atom stereocenters. The molecule has 4 rings (SSSR count). The van der Waals surface area contributed by atoms with Crippen molar-refractivity contribution in [2.75, 3.05) is 26.4 Å². The summed E-state index contributed by atoms with van der Waals surface area (Å²) in [5.41, 5.74) is 4.03. The molecule has 2 heterocycles. The van der Waals surface area contributed by atoms with Gasteiger partial charge in [-0.15, -0.1) is 6.58 Å². The number of aromatic nitrogens is 1. The van der Waals surface area contributed by atoms with Gasteiger partial charge in [0.2, 0.25) is 0 Å². The summed E-state index contributed by atoms with van der Waals surface area (Å²) in [4.78, 5) is 18.0. The number of carbonyl (C=O) groups is 1. The number of alkyl halides is 1. The van der Waals surface area contributed by atoms with Crippen molar-refractivity contribution in [2.24, 2.45) is 5.92 Å². The predicted molar refractivity (Wildman–Crippen MR) is 120 cm³/mol. The number of hydrogen-bond acceptors (Lipinski definition) is 3. The van der Waals surface area contributed by atoms with Crippen molar-refractivity contribution >= 4 is 28.6 Å². The standard InChI is InChI=1S/C24H26ClFN2O3/c1-3-11-30-21-7-4-16(13-15(21)2)23-22-18(8-10-28(23)24(29)31-12-9-26)19-14-17(25)5-6-20(19)27-22/h3-7,13-15,21,23,27H,1,8-12H2,2H3. The Morgan fingerprint density at radius 1 is 1.45 bits per heavy atom. The molecule has 0 fully saturated rings. The number of benzene rings is 1. The number of carbonyl (C=O) groups excluding carboxylic acids is 1. The number of amides is 1. The van der Waals surface area contributed by atoms with Crippen LogP contribution < -0.4 is 0 Å². The molecule has 0 bridgehead atoms. The first kappa shape index (κ1) is 21.7. The molecule has 2 aliphatic rings. The molecule has 0 saturated carbocycles. The number of rotatable bonds is 6. The summed E-state index contributed by atoms with van der Waals surface area (Å²) in [6.07, 6.45) is 7.96. The van der Waals surface area contributed by atoms with Crippen LogP contribution in [0.25, 0.3) is 10.9 Å². The highest BCUT2D eigenvalue weighted by molar-refractivity contribution is 6.31. The zero-order chi connectivity index (χ0) is 22.0. The van der Waals surface area contributed by atoms with E-state index in [9.17, 15) is 9.18 Å². The summed E-state index contributed by atoms with van der Waals surface area (Å²) in [7, 11) is 0. The van der Waals surface area contributed by atoms with Gasteiger partial charge in [-0.05, 0) is 35.8 Å². The number of ether oxygens (including phenoxy) is 2. The van der Waals surface area contributed by atoms with Crippen LogP contribution in [-0.4, -0.2) is 48.5 Å². The van der Waals surface area contributed by atoms with E-state index in [-0.39, 0.29) is 24.7 Å². The normalized spacial score (nSPS) is 22.9. The van der Waals surface area contributed by atoms with Crippen LogP contribution in [0.5, 0.6) is 0 Å². The molecular weight excluding hydrogens is 419 g/mol. The predicted octanol–water partition coefficient (Wildman–Crippen LogP) is 5.53. The smallest absolute Gasteiger partial charge is 0.410 e. The van der Waals surface area contributed by atoms with E-state index < -0.39 is 12.8 Å². The largest absolute Gasteiger partial charge is 0.447 e. The molecule has 2 aromatic rings. The number of halogens is 2. The molecule has 164 valence electrons. The quantitative estimate of drug-likeness (QED) is 0.596. The highest BCUT2D eigenvalue weighted by Gasteiger charge is 2.37. The average molecular weight is 445 g/mol. The molecule has 0 spiro atoms. The molecule has 1 N–H and O–H groups in total. The van der Waals surface area contributed by atoms with Gasteiger partial charge >= 0.3 is 6.09 Å². The Hall–Kier alpha value is -2.57. The third-order valence-corrected chi connectivity index (χ3v) is 6.04. The second kappa shape index (κ2) is 9.28. The zero-order valence-electron chi connectivity index (χ0n) is 17.4. The molecule has 31 heavy (non-hydrogen) atoms. The van der Waals surface area contributed by atoms with Gasteiger partial charge < -0.3 is 14.5 Å². The summed E-state index contributed by atoms with van der Waals surface area (Å²) >= 11 is 6.24. The van der Waals surface area contributed by atoms with E-state index >= 15 is 0 Å². The zero-order valence-corrected chi connectivity index (χ0v) is 18.2. The van der Waals surface area contributed by atoms with Crippen LogP contribution in [0.4, 0.5) is 9.18 Å². The van der Waals surface area contributed by atoms with E-state index in [2.05, 4.69) is 24.6 Å². The lowest BCUT2D eigenvalue weighted by molar-refractivity contribution is 0.0776. The van der Waals surface area contributed by atoms with Gasteiger partial charge in [-0.3, -0.25) is 4.90 Å². The molecule has 1 aliphatic carbocycles. The van der Waals surface area contributed by atoms with Crippen molar-refractivity contribution in [3.05, 3.63) is 70.9 Å². The van der Waals surface area contributed by atoms with Gasteiger partial charge in [-0.2, -0.15) is 0 Å². The third-order valence-electron chi connectivity index (χ3n) is 5.80. The van der Waals surface area contributed by atoms with Gasteiger partial charge in [0, 0.05) is 34.1 Å². The average Bonchev–Trinajstić information content (AvgIpc) is 3.13. The summed E-state index contributed by atoms with van der Waals surface area (Å²) in [5, 5.41) is 1.73. The first-order valence-corrected chi connectivity index (χ1v) is 10.8. The highest BCUT2D eigenvalue weighted by Crippen LogP contribution is 2.41. The molecule has 1 aromatic heterocycles. The van der Waals surface area contributed by atoms with Gasteiger partial charge in [0.1, 0.15) is 19.3 Å². The summed E-state index contributed by atoms with van der Waals surface area (Å²) in [6, 6.07) is 5.39. The topological polar surface area (TPSA) is 54.6 Å². The maximum absolute atomic E-state index is 12.8. The molecular formula is C24H26ClFN2O3. The summed E-state index contributed by atoms with van der Waals surface area (Å²) in [6.45, 7) is 5.77. The van der Waals surface area contributed by atoms with Gasteiger partial charge in [0.25, 0.3) is 0 Å². The lowest BCUT2D eigenvalue weighted by Gasteiger charge is -2.37. The van der Waals surface area contributed by atoms with Gasteiger partial charge in [0.15, 0.2) is 0 Å². The highest BCUT2D eigenvalue weighted by atomic mass is 35.5. The van der Waals surface area contributed by atoms with Crippen molar-refractivity contribution in [3.8, 4) is 0 Å². The minimum atomic E-state index is -0.706. The first-order chi connectivity index (χ1) is 15.0. The van der Waals surface area contributed by atoms with Crippen LogP contribution in [0.15, 0.2) is 54.7 Å². The van der Waals surface area contributed by atoms with Crippen molar-refractivity contribution in [3.63, 3.8) is 0 Å². The Morgan fingerprint density at radius 2 is 2.29 bits per heavy atom. The maximum atomic E-state index is 12.8. The number of H-pyrrole nitrogens is 1. The molecule has 7 heteroatoms. The van der Waals surface area contributed by atoms with E-state index in [0.717, 1.165) is 27.7 Å². The van der Waals surface area contributed by atoms with Crippen LogP contribution in [0.3, 0.4) is 0 Å². The lowest BCUT2D eigenvalue weighted by Crippen LogP contribution is -2.42. The van der Waals surface area contributed by atoms with Gasteiger partial charge in [0.05, 0.1) is 12.7 Å². The number of nitrogens with one attached hydrogen (secondary N) is 1. The molecule has 1 amide bonds. The SMILES string of the molecule is C=CCOC1C=CC(C2c3[nH]c4ccc(Cl)cc4c3CCN2C(=O)OCCF)=CC1C. The van der Waals surface area contributed by atoms with E-state index in [4.69, 9.17) is 21.1 Å². The van der Waals surface area contributed by atoms with E-state index in [1.165, 1.54) is 0 Å². The molecule has 0 radical (unpaired) electrons. The minimum absolute atomic E-state index is 0.0572. The number of nitrogens with zero attached hydrogens (tertiary/aromatic N) is 1. The van der Waals surface area contributed by atoms with Crippen LogP contribution in [0.1, 0.15) is 24.2 Å². The lowest BCUT2D eigenvalue weighted by atomic mass is 9.86. The molecule has 3 atom stereocenters. The van der Waals surface area contributed by atoms with Crippen molar-refractivity contribution in [1.29, 1.82) is 0 Å². The van der Waals surface area contributed by atoms with Crippen LogP contribution in [-0.2, 0) is 15.9 Å². The second-order valence-electron chi connectivity index (χ2n) is 7.83. The molecule has 5 nitrogen and oxygen atoms in total. The van der Waals surface area contributed by atoms with Gasteiger partial charge in [-0.1, -0.05) is 42.8 Å². The van der Waals surface area contributed by atoms with E-state index in [0.29, 0.717) is 24.6 Å². The number of fused-ring (bicyclic) bond motifs is 3. The van der Waals surface area contributed by atoms with Crippen molar-refractivity contribution in [1.82, 2.24) is 9.88 Å². The van der Waals surface area contributed by atoms with Crippen LogP contribution in [0, 0.1) is 5.92 Å². The summed E-state index contributed by atoms with van der Waals surface area (Å²) < 4.78 is 23.6. The fraction of sp³-hybridized carbons (Fsp3) is 0.375. The monoisotopic (exact) mass is 444 g/mol. The maximum Gasteiger partial charge on any atom is 0.410 e. The first-order valence-electron chi connectivity index (χ1n) is 10.4. The van der Waals surface area contributed by atoms with E-state index in [1.807, 2.05) is 30.4 Å². The molecule has 1 aromatic carbocycles. The van der Waals surface area contributed by atoms with Gasteiger partial charge in [-0.25, -0.2) is 9.18 Å². The van der Waals surface area contributed by atoms with Crippen LogP contribution >= 0.6 is 11.6 Å². The molecule has 1 aliphatic heterocycles. The second-order valence-corrected chi connectivity index (χ2v) is 8.26. The van der Waals surface area contributed by atoms with E-state index in [1.54, 1.807) is 11.0 Å². The Morgan fingerprint density at radius 3 is 3.03 bits per heavy atom. The van der Waals surface area contributed by atoms with Crippen molar-refractivity contribution < 1.29 is 18.7 Å². The number of hydrogen-bond donors (Lipinski definition) is 1. The third kappa shape index (κ3) is 4.27. The fourth-order valence-corrected chi connectivity index (χ4v) is 4.59. The van der Waals surface area contributed by atoms with Crippen molar-refractivity contribution in [2.45, 2.75) is 25.5 Å². The molecule has 0 saturated heterocycles. The Kier molecular flexibility index (Phi) is 6.49.